The van der Waals surface area contributed by atoms with Gasteiger partial charge in [0.2, 0.25) is 0 Å². The fourth-order valence-corrected chi connectivity index (χ4v) is 2.28. The maximum atomic E-state index is 9.00. The molecule has 0 unspecified atom stereocenters. The number of quaternary nitrogens is 1. The molecule has 1 rings (SSSR count). The van der Waals surface area contributed by atoms with Crippen LogP contribution in [0.5, 0.6) is 0 Å². The number of hydrogen-bond acceptors (Lipinski definition) is 1. The quantitative estimate of drug-likeness (QED) is 0.595. The second-order valence-corrected chi connectivity index (χ2v) is 4.02. The van der Waals surface area contributed by atoms with Crippen LogP contribution in [0, 0.1) is 17.8 Å². The van der Waals surface area contributed by atoms with E-state index in [1.54, 1.807) is 0 Å². The van der Waals surface area contributed by atoms with Gasteiger partial charge in [0.25, 0.3) is 0 Å². The highest BCUT2D eigenvalue weighted by molar-refractivity contribution is 4.75. The SMILES string of the molecule is C[C@H]1C[C@@H](CO)C[C@@H](C[NH3+])C1. The topological polar surface area (TPSA) is 47.9 Å². The van der Waals surface area contributed by atoms with E-state index in [1.807, 2.05) is 0 Å². The predicted octanol–water partition coefficient (Wildman–Crippen LogP) is 0.273. The molecule has 0 spiro atoms. The van der Waals surface area contributed by atoms with Crippen molar-refractivity contribution in [1.82, 2.24) is 0 Å². The summed E-state index contributed by atoms with van der Waals surface area (Å²) in [4.78, 5) is 0. The van der Waals surface area contributed by atoms with Gasteiger partial charge in [0.1, 0.15) is 0 Å². The number of aliphatic hydroxyl groups is 1. The fourth-order valence-electron chi connectivity index (χ4n) is 2.28. The van der Waals surface area contributed by atoms with Gasteiger partial charge < -0.3 is 10.8 Å². The van der Waals surface area contributed by atoms with Crippen molar-refractivity contribution in [2.24, 2.45) is 17.8 Å². The molecule has 0 aliphatic heterocycles. The lowest BCUT2D eigenvalue weighted by Gasteiger charge is -2.30. The van der Waals surface area contributed by atoms with E-state index in [1.165, 1.54) is 19.3 Å². The number of hydrogen-bond donors (Lipinski definition) is 2. The Morgan fingerprint density at radius 3 is 2.45 bits per heavy atom. The van der Waals surface area contributed by atoms with Crippen LogP contribution in [0.4, 0.5) is 0 Å². The van der Waals surface area contributed by atoms with Crippen LogP contribution in [0.25, 0.3) is 0 Å². The van der Waals surface area contributed by atoms with Crippen molar-refractivity contribution >= 4 is 0 Å². The standard InChI is InChI=1S/C9H19NO/c1-7-2-8(5-10)4-9(3-7)6-11/h7-9,11H,2-6,10H2,1H3/p+1/t7-,8+,9-/m1/s1. The minimum atomic E-state index is 0.376. The van der Waals surface area contributed by atoms with Crippen molar-refractivity contribution in [3.8, 4) is 0 Å². The van der Waals surface area contributed by atoms with Gasteiger partial charge in [-0.15, -0.1) is 0 Å². The normalized spacial score (nSPS) is 39.0. The average Bonchev–Trinajstić information content (AvgIpc) is 2.03. The Kier molecular flexibility index (Phi) is 3.34. The van der Waals surface area contributed by atoms with Crippen molar-refractivity contribution in [3.05, 3.63) is 0 Å². The highest BCUT2D eigenvalue weighted by Gasteiger charge is 2.25. The van der Waals surface area contributed by atoms with Crippen LogP contribution in [0.2, 0.25) is 0 Å². The van der Waals surface area contributed by atoms with Gasteiger partial charge in [-0.05, 0) is 31.1 Å². The maximum absolute atomic E-state index is 9.00. The Balaban J connectivity index is 2.37. The Morgan fingerprint density at radius 2 is 1.91 bits per heavy atom. The van der Waals surface area contributed by atoms with Crippen molar-refractivity contribution in [3.63, 3.8) is 0 Å². The molecule has 0 amide bonds. The minimum absolute atomic E-state index is 0.376. The summed E-state index contributed by atoms with van der Waals surface area (Å²) in [6, 6.07) is 0. The summed E-state index contributed by atoms with van der Waals surface area (Å²) in [5.41, 5.74) is 3.93. The van der Waals surface area contributed by atoms with E-state index in [0.717, 1.165) is 18.4 Å². The van der Waals surface area contributed by atoms with Gasteiger partial charge in [0.15, 0.2) is 0 Å². The molecule has 4 N–H and O–H groups in total. The first-order chi connectivity index (χ1) is 5.26. The van der Waals surface area contributed by atoms with E-state index < -0.39 is 0 Å². The zero-order valence-electron chi connectivity index (χ0n) is 7.42. The first-order valence-corrected chi connectivity index (χ1v) is 4.66. The van der Waals surface area contributed by atoms with Crippen molar-refractivity contribution < 1.29 is 10.8 Å². The summed E-state index contributed by atoms with van der Waals surface area (Å²) in [6.07, 6.45) is 3.73. The van der Waals surface area contributed by atoms with Gasteiger partial charge in [-0.25, -0.2) is 0 Å². The predicted molar refractivity (Wildman–Crippen MR) is 44.8 cm³/mol. The second-order valence-electron chi connectivity index (χ2n) is 4.02. The molecule has 0 aromatic heterocycles. The zero-order chi connectivity index (χ0) is 8.27. The lowest BCUT2D eigenvalue weighted by molar-refractivity contribution is -0.381. The number of rotatable bonds is 2. The van der Waals surface area contributed by atoms with Crippen LogP contribution in [-0.4, -0.2) is 18.3 Å². The molecule has 1 fully saturated rings. The maximum Gasteiger partial charge on any atom is 0.0768 e. The highest BCUT2D eigenvalue weighted by Crippen LogP contribution is 2.31. The average molecular weight is 158 g/mol. The smallest absolute Gasteiger partial charge is 0.0768 e. The molecule has 1 aliphatic rings. The molecular weight excluding hydrogens is 138 g/mol. The molecule has 2 nitrogen and oxygen atoms in total. The third-order valence-corrected chi connectivity index (χ3v) is 2.80. The van der Waals surface area contributed by atoms with Gasteiger partial charge in [0, 0.05) is 12.5 Å². The van der Waals surface area contributed by atoms with Gasteiger partial charge >= 0.3 is 0 Å². The summed E-state index contributed by atoms with van der Waals surface area (Å²) in [6.45, 7) is 3.70. The van der Waals surface area contributed by atoms with E-state index in [4.69, 9.17) is 5.11 Å². The van der Waals surface area contributed by atoms with Crippen LogP contribution >= 0.6 is 0 Å². The van der Waals surface area contributed by atoms with Gasteiger partial charge in [-0.1, -0.05) is 6.92 Å². The lowest BCUT2D eigenvalue weighted by Crippen LogP contribution is -2.54. The molecule has 0 bridgehead atoms. The lowest BCUT2D eigenvalue weighted by atomic mass is 9.76. The van der Waals surface area contributed by atoms with Crippen LogP contribution in [0.3, 0.4) is 0 Å². The van der Waals surface area contributed by atoms with Gasteiger partial charge in [-0.2, -0.15) is 0 Å². The van der Waals surface area contributed by atoms with E-state index in [9.17, 15) is 0 Å². The molecule has 1 aliphatic carbocycles. The monoisotopic (exact) mass is 158 g/mol. The number of aliphatic hydroxyl groups excluding tert-OH is 1. The molecule has 11 heavy (non-hydrogen) atoms. The van der Waals surface area contributed by atoms with E-state index >= 15 is 0 Å². The Morgan fingerprint density at radius 1 is 1.27 bits per heavy atom. The molecule has 0 aromatic rings. The first-order valence-electron chi connectivity index (χ1n) is 4.66. The Bertz CT molecular complexity index is 104. The molecule has 0 heterocycles. The van der Waals surface area contributed by atoms with E-state index in [0.29, 0.717) is 12.5 Å². The summed E-state index contributed by atoms with van der Waals surface area (Å²) in [5, 5.41) is 9.00. The third-order valence-electron chi connectivity index (χ3n) is 2.80. The summed E-state index contributed by atoms with van der Waals surface area (Å²) < 4.78 is 0. The largest absolute Gasteiger partial charge is 0.396 e. The zero-order valence-corrected chi connectivity index (χ0v) is 7.42. The molecule has 3 atom stereocenters. The van der Waals surface area contributed by atoms with Crippen LogP contribution < -0.4 is 5.73 Å². The van der Waals surface area contributed by atoms with E-state index in [-0.39, 0.29) is 0 Å². The Hall–Kier alpha value is -0.0800. The third kappa shape index (κ3) is 2.46. The van der Waals surface area contributed by atoms with E-state index in [2.05, 4.69) is 12.7 Å². The van der Waals surface area contributed by atoms with Crippen molar-refractivity contribution in [1.29, 1.82) is 0 Å². The fraction of sp³-hybridized carbons (Fsp3) is 1.00. The van der Waals surface area contributed by atoms with Crippen LogP contribution in [-0.2, 0) is 0 Å². The highest BCUT2D eigenvalue weighted by atomic mass is 16.3. The minimum Gasteiger partial charge on any atom is -0.396 e. The molecule has 0 aromatic carbocycles. The van der Waals surface area contributed by atoms with Crippen LogP contribution in [0.15, 0.2) is 0 Å². The summed E-state index contributed by atoms with van der Waals surface area (Å²) >= 11 is 0. The molecule has 0 radical (unpaired) electrons. The summed E-state index contributed by atoms with van der Waals surface area (Å²) in [5.74, 6) is 2.13. The molecule has 2 heteroatoms. The molecular formula is C9H20NO+. The first kappa shape index (κ1) is 9.01. The summed E-state index contributed by atoms with van der Waals surface area (Å²) in [7, 11) is 0. The van der Waals surface area contributed by atoms with Crippen molar-refractivity contribution in [2.45, 2.75) is 26.2 Å². The Labute approximate surface area is 68.8 Å². The molecule has 1 saturated carbocycles. The van der Waals surface area contributed by atoms with Gasteiger partial charge in [-0.3, -0.25) is 0 Å². The van der Waals surface area contributed by atoms with Gasteiger partial charge in [0.05, 0.1) is 6.54 Å². The van der Waals surface area contributed by atoms with Crippen molar-refractivity contribution in [2.75, 3.05) is 13.2 Å². The second kappa shape index (κ2) is 4.07. The molecule has 0 saturated heterocycles. The van der Waals surface area contributed by atoms with Crippen LogP contribution in [0.1, 0.15) is 26.2 Å². The molecule has 66 valence electrons.